The molecule has 5 saturated carbocycles. The Kier molecular flexibility index (Phi) is 7.76. The topological polar surface area (TPSA) is 170 Å². The van der Waals surface area contributed by atoms with Gasteiger partial charge in [-0.05, 0) is 56.5 Å². The lowest BCUT2D eigenvalue weighted by Crippen LogP contribution is -2.83. The van der Waals surface area contributed by atoms with Crippen molar-refractivity contribution in [3.63, 3.8) is 0 Å². The van der Waals surface area contributed by atoms with E-state index < -0.39 is 51.0 Å². The molecular formula is C37H45N3O10. The second-order valence-corrected chi connectivity index (χ2v) is 15.3. The third kappa shape index (κ3) is 4.10. The number of methoxy groups -OCH3 is 3. The van der Waals surface area contributed by atoms with Gasteiger partial charge in [-0.15, -0.1) is 0 Å². The number of nitrogens with one attached hydrogen (secondary N) is 1. The molecule has 1 saturated heterocycles. The number of aliphatic hydroxyl groups is 2. The highest BCUT2D eigenvalue weighted by Gasteiger charge is 2.89. The maximum Gasteiger partial charge on any atom is 0.340 e. The number of para-hydroxylation sites is 1. The van der Waals surface area contributed by atoms with Crippen molar-refractivity contribution in [3.8, 4) is 0 Å². The van der Waals surface area contributed by atoms with E-state index in [-0.39, 0.29) is 58.5 Å². The van der Waals surface area contributed by atoms with Crippen molar-refractivity contribution in [3.05, 3.63) is 69.8 Å². The molecule has 268 valence electrons. The summed E-state index contributed by atoms with van der Waals surface area (Å²) in [5, 5.41) is 39.8. The summed E-state index contributed by atoms with van der Waals surface area (Å²) >= 11 is 0. The first-order valence-corrected chi connectivity index (χ1v) is 17.6. The monoisotopic (exact) mass is 691 g/mol. The van der Waals surface area contributed by atoms with Crippen molar-refractivity contribution in [2.24, 2.45) is 29.1 Å². The van der Waals surface area contributed by atoms with Crippen LogP contribution >= 0.6 is 0 Å². The zero-order chi connectivity index (χ0) is 35.4. The molecule has 1 amide bonds. The molecule has 13 nitrogen and oxygen atoms in total. The molecule has 0 radical (unpaired) electrons. The number of benzene rings is 2. The number of amides is 1. The van der Waals surface area contributed by atoms with Crippen molar-refractivity contribution in [2.75, 3.05) is 39.7 Å². The van der Waals surface area contributed by atoms with Crippen LogP contribution in [0.25, 0.3) is 0 Å². The Hall–Kier alpha value is -3.46. The lowest BCUT2D eigenvalue weighted by Gasteiger charge is -2.70. The van der Waals surface area contributed by atoms with Crippen LogP contribution in [0, 0.1) is 39.2 Å². The minimum absolute atomic E-state index is 0.106. The number of esters is 1. The van der Waals surface area contributed by atoms with Crippen molar-refractivity contribution in [2.45, 2.75) is 80.2 Å². The van der Waals surface area contributed by atoms with Gasteiger partial charge in [-0.25, -0.2) is 4.79 Å². The number of nitro benzene ring substituents is 1. The molecular weight excluding hydrogens is 646 g/mol. The lowest BCUT2D eigenvalue weighted by molar-refractivity contribution is -0.384. The molecule has 13 heteroatoms. The maximum atomic E-state index is 14.4. The smallest absolute Gasteiger partial charge is 0.340 e. The summed E-state index contributed by atoms with van der Waals surface area (Å²) < 4.78 is 25.2. The van der Waals surface area contributed by atoms with Crippen LogP contribution in [0.1, 0.15) is 59.7 Å². The summed E-state index contributed by atoms with van der Waals surface area (Å²) in [6.45, 7) is 3.21. The van der Waals surface area contributed by atoms with Gasteiger partial charge in [-0.1, -0.05) is 19.1 Å². The van der Waals surface area contributed by atoms with Gasteiger partial charge in [0.2, 0.25) is 0 Å². The highest BCUT2D eigenvalue weighted by molar-refractivity contribution is 6.08. The Morgan fingerprint density at radius 2 is 1.76 bits per heavy atom. The third-order valence-corrected chi connectivity index (χ3v) is 13.9. The standard InChI is InChI=1S/C37H45N3O10/c1-5-39-19-34(50-33(42)22-8-6-7-9-25(22)38-32(41)20-10-12-21(13-11-20)40(45)46)15-14-29(48-3)36-27(34)17-24(30(36)39)35(43)18-26(47-2)23-16-28(36)37(35,44)31(23)49-4/h6-13,23-24,26-31,43-44H,5,14-19H2,1-4H3,(H,38,41)/t23-,24+,26+,27-,28+,29+,30?,31+,34-,35+,36+,37+/m1/s1. The predicted molar refractivity (Wildman–Crippen MR) is 178 cm³/mol. The number of hydrogen-bond donors (Lipinski definition) is 3. The van der Waals surface area contributed by atoms with Crippen LogP contribution in [-0.4, -0.2) is 107 Å². The van der Waals surface area contributed by atoms with Crippen LogP contribution in [0.4, 0.5) is 11.4 Å². The van der Waals surface area contributed by atoms with Crippen molar-refractivity contribution >= 4 is 23.3 Å². The number of carbonyl (C=O) groups is 2. The summed E-state index contributed by atoms with van der Waals surface area (Å²) in [7, 11) is 4.98. The number of rotatable bonds is 9. The van der Waals surface area contributed by atoms with Gasteiger partial charge >= 0.3 is 5.97 Å². The van der Waals surface area contributed by atoms with E-state index >= 15 is 0 Å². The van der Waals surface area contributed by atoms with E-state index in [1.54, 1.807) is 45.6 Å². The van der Waals surface area contributed by atoms with Crippen LogP contribution in [0.15, 0.2) is 48.5 Å². The van der Waals surface area contributed by atoms with Crippen LogP contribution in [0.3, 0.4) is 0 Å². The SMILES string of the molecule is CCN1C[C@]2(OC(=O)c3ccccc3NC(=O)c3ccc([N+](=O)[O-])cc3)CC[C@H](OC)[C@]34C1[C@H](C[C@H]23)[C@@]1(O)C[C@H](OC)[C@H]2C[C@@H]4[C@]1(O)[C@H]2OC. The Morgan fingerprint density at radius 3 is 2.42 bits per heavy atom. The fraction of sp³-hybridized carbons (Fsp3) is 0.622. The number of nitro groups is 1. The zero-order valence-electron chi connectivity index (χ0n) is 28.7. The first-order chi connectivity index (χ1) is 23.9. The summed E-state index contributed by atoms with van der Waals surface area (Å²) in [5.74, 6) is -2.17. The van der Waals surface area contributed by atoms with Gasteiger partial charge in [0.25, 0.3) is 11.6 Å². The van der Waals surface area contributed by atoms with E-state index in [1.807, 2.05) is 0 Å². The molecule has 7 bridgehead atoms. The second-order valence-electron chi connectivity index (χ2n) is 15.3. The molecule has 12 atom stereocenters. The zero-order valence-corrected chi connectivity index (χ0v) is 28.7. The Bertz CT molecular complexity index is 1720. The molecule has 0 aromatic heterocycles. The first kappa shape index (κ1) is 33.7. The highest BCUT2D eigenvalue weighted by atomic mass is 16.6. The number of fused-ring (bicyclic) bond motifs is 2. The quantitative estimate of drug-likeness (QED) is 0.200. The molecule has 50 heavy (non-hydrogen) atoms. The fourth-order valence-electron chi connectivity index (χ4n) is 12.3. The van der Waals surface area contributed by atoms with Crippen molar-refractivity contribution < 1.29 is 43.7 Å². The van der Waals surface area contributed by atoms with E-state index in [0.29, 0.717) is 45.2 Å². The van der Waals surface area contributed by atoms with E-state index in [9.17, 15) is 29.9 Å². The van der Waals surface area contributed by atoms with E-state index in [4.69, 9.17) is 18.9 Å². The van der Waals surface area contributed by atoms with Gasteiger partial charge in [0.1, 0.15) is 16.8 Å². The number of piperidine rings is 1. The summed E-state index contributed by atoms with van der Waals surface area (Å²) in [5.41, 5.74) is -4.09. The lowest BCUT2D eigenvalue weighted by atomic mass is 9.44. The number of likely N-dealkylation sites (N-methyl/N-ethyl adjacent to an activating group) is 1. The number of nitrogens with zero attached hydrogens (tertiary/aromatic N) is 2. The van der Waals surface area contributed by atoms with E-state index in [0.717, 1.165) is 0 Å². The fourth-order valence-corrected chi connectivity index (χ4v) is 12.3. The molecule has 8 rings (SSSR count). The van der Waals surface area contributed by atoms with Crippen LogP contribution in [0.5, 0.6) is 0 Å². The van der Waals surface area contributed by atoms with Gasteiger partial charge in [-0.2, -0.15) is 0 Å². The average Bonchev–Trinajstić information content (AvgIpc) is 3.54. The maximum absolute atomic E-state index is 14.4. The largest absolute Gasteiger partial charge is 0.454 e. The van der Waals surface area contributed by atoms with Crippen molar-refractivity contribution in [1.82, 2.24) is 4.90 Å². The Morgan fingerprint density at radius 1 is 1.02 bits per heavy atom. The number of ether oxygens (including phenoxy) is 4. The van der Waals surface area contributed by atoms with Gasteiger partial charge in [0.05, 0.1) is 34.5 Å². The molecule has 1 aliphatic heterocycles. The first-order valence-electron chi connectivity index (χ1n) is 17.6. The van der Waals surface area contributed by atoms with Crippen molar-refractivity contribution in [1.29, 1.82) is 0 Å². The molecule has 1 heterocycles. The van der Waals surface area contributed by atoms with Gasteiger partial charge in [0.15, 0.2) is 0 Å². The number of carbonyl (C=O) groups excluding carboxylic acids is 2. The van der Waals surface area contributed by atoms with E-state index in [1.165, 1.54) is 24.3 Å². The Labute approximate surface area is 290 Å². The summed E-state index contributed by atoms with van der Waals surface area (Å²) in [6.07, 6.45) is 1.45. The second kappa shape index (κ2) is 11.5. The molecule has 3 N–H and O–H groups in total. The van der Waals surface area contributed by atoms with Gasteiger partial charge in [-0.3, -0.25) is 19.8 Å². The van der Waals surface area contributed by atoms with E-state index in [2.05, 4.69) is 17.1 Å². The number of non-ortho nitro benzene ring substituents is 1. The molecule has 2 aromatic rings. The molecule has 1 unspecified atom stereocenters. The summed E-state index contributed by atoms with van der Waals surface area (Å²) in [6, 6.07) is 11.8. The molecule has 6 aliphatic rings. The van der Waals surface area contributed by atoms with Gasteiger partial charge < -0.3 is 34.5 Å². The third-order valence-electron chi connectivity index (χ3n) is 13.9. The molecule has 1 spiro atoms. The Balaban J connectivity index is 1.17. The predicted octanol–water partition coefficient (Wildman–Crippen LogP) is 3.42. The molecule has 5 aliphatic carbocycles. The number of hydrogen-bond acceptors (Lipinski definition) is 11. The normalized spacial score (nSPS) is 42.2. The van der Waals surface area contributed by atoms with Gasteiger partial charge in [0, 0.05) is 87.1 Å². The average molecular weight is 692 g/mol. The van der Waals surface area contributed by atoms with Crippen LogP contribution < -0.4 is 5.32 Å². The number of likely N-dealkylation sites (tertiary alicyclic amines) is 1. The summed E-state index contributed by atoms with van der Waals surface area (Å²) in [4.78, 5) is 40.5. The highest BCUT2D eigenvalue weighted by Crippen LogP contribution is 2.79. The number of anilines is 1. The molecule has 2 aromatic carbocycles. The van der Waals surface area contributed by atoms with Crippen LogP contribution in [0.2, 0.25) is 0 Å². The minimum Gasteiger partial charge on any atom is -0.454 e. The minimum atomic E-state index is -1.53. The molecule has 6 fully saturated rings. The van der Waals surface area contributed by atoms with Crippen LogP contribution in [-0.2, 0) is 18.9 Å².